The summed E-state index contributed by atoms with van der Waals surface area (Å²) < 4.78 is 0. The summed E-state index contributed by atoms with van der Waals surface area (Å²) in [5.41, 5.74) is 5.71. The van der Waals surface area contributed by atoms with E-state index in [1.807, 2.05) is 30.3 Å². The quantitative estimate of drug-likeness (QED) is 0.904. The number of rotatable bonds is 4. The van der Waals surface area contributed by atoms with E-state index in [9.17, 15) is 4.79 Å². The molecule has 0 unspecified atom stereocenters. The van der Waals surface area contributed by atoms with Crippen LogP contribution in [0, 0.1) is 6.92 Å². The number of nitrogens with one attached hydrogen (secondary N) is 2. The van der Waals surface area contributed by atoms with Crippen molar-refractivity contribution in [3.63, 3.8) is 0 Å². The van der Waals surface area contributed by atoms with Crippen molar-refractivity contribution in [2.45, 2.75) is 19.8 Å². The average molecular weight is 280 g/mol. The van der Waals surface area contributed by atoms with Gasteiger partial charge >= 0.3 is 0 Å². The van der Waals surface area contributed by atoms with Crippen molar-refractivity contribution in [2.75, 3.05) is 18.4 Å². The molecule has 2 aromatic carbocycles. The summed E-state index contributed by atoms with van der Waals surface area (Å²) in [6.07, 6.45) is 1.87. The summed E-state index contributed by atoms with van der Waals surface area (Å²) in [5, 5.41) is 6.31. The van der Waals surface area contributed by atoms with E-state index in [4.69, 9.17) is 0 Å². The number of carbonyl (C=O) groups excluding carboxylic acids is 1. The Morgan fingerprint density at radius 2 is 2.10 bits per heavy atom. The van der Waals surface area contributed by atoms with E-state index in [1.165, 1.54) is 16.7 Å². The first-order chi connectivity index (χ1) is 10.2. The Morgan fingerprint density at radius 1 is 1.24 bits per heavy atom. The Morgan fingerprint density at radius 3 is 2.95 bits per heavy atom. The lowest BCUT2D eigenvalue weighted by atomic mass is 10.1. The molecule has 0 radical (unpaired) electrons. The minimum absolute atomic E-state index is 0.0123. The molecule has 0 saturated heterocycles. The van der Waals surface area contributed by atoms with Crippen LogP contribution in [0.5, 0.6) is 0 Å². The lowest BCUT2D eigenvalue weighted by molar-refractivity contribution is 0.0954. The van der Waals surface area contributed by atoms with Gasteiger partial charge in [0.25, 0.3) is 5.91 Å². The predicted molar refractivity (Wildman–Crippen MR) is 85.9 cm³/mol. The SMILES string of the molecule is Cc1ccccc1CCNC(=O)c1ccc2c(c1)CCN2. The molecule has 0 fully saturated rings. The van der Waals surface area contributed by atoms with E-state index >= 15 is 0 Å². The number of benzene rings is 2. The molecule has 3 heteroatoms. The van der Waals surface area contributed by atoms with Crippen LogP contribution in [0.4, 0.5) is 5.69 Å². The summed E-state index contributed by atoms with van der Waals surface area (Å²) in [5.74, 6) is 0.0123. The van der Waals surface area contributed by atoms with Crippen molar-refractivity contribution in [1.29, 1.82) is 0 Å². The second-order valence-electron chi connectivity index (χ2n) is 5.48. The standard InChI is InChI=1S/C18H20N2O/c1-13-4-2-3-5-14(13)8-11-20-18(21)16-6-7-17-15(12-16)9-10-19-17/h2-7,12,19H,8-11H2,1H3,(H,20,21). The molecule has 0 aliphatic carbocycles. The Kier molecular flexibility index (Phi) is 3.91. The highest BCUT2D eigenvalue weighted by Gasteiger charge is 2.13. The Hall–Kier alpha value is -2.29. The minimum Gasteiger partial charge on any atom is -0.384 e. The molecule has 108 valence electrons. The first-order valence-corrected chi connectivity index (χ1v) is 7.43. The zero-order valence-electron chi connectivity index (χ0n) is 12.3. The van der Waals surface area contributed by atoms with Gasteiger partial charge in [0.15, 0.2) is 0 Å². The number of amides is 1. The van der Waals surface area contributed by atoms with Gasteiger partial charge in [-0.3, -0.25) is 4.79 Å². The van der Waals surface area contributed by atoms with Crippen molar-refractivity contribution in [3.8, 4) is 0 Å². The number of fused-ring (bicyclic) bond motifs is 1. The lowest BCUT2D eigenvalue weighted by Gasteiger charge is -2.08. The molecule has 1 heterocycles. The molecule has 0 aromatic heterocycles. The van der Waals surface area contributed by atoms with Crippen LogP contribution in [-0.2, 0) is 12.8 Å². The zero-order valence-corrected chi connectivity index (χ0v) is 12.3. The monoisotopic (exact) mass is 280 g/mol. The molecule has 3 rings (SSSR count). The Bertz CT molecular complexity index is 664. The highest BCUT2D eigenvalue weighted by Crippen LogP contribution is 2.22. The molecule has 0 saturated carbocycles. The number of carbonyl (C=O) groups is 1. The second-order valence-corrected chi connectivity index (χ2v) is 5.48. The number of anilines is 1. The first-order valence-electron chi connectivity index (χ1n) is 7.43. The van der Waals surface area contributed by atoms with Gasteiger partial charge in [-0.25, -0.2) is 0 Å². The summed E-state index contributed by atoms with van der Waals surface area (Å²) >= 11 is 0. The van der Waals surface area contributed by atoms with Gasteiger partial charge in [0.05, 0.1) is 0 Å². The second kappa shape index (κ2) is 6.00. The first kappa shape index (κ1) is 13.7. The highest BCUT2D eigenvalue weighted by atomic mass is 16.1. The van der Waals surface area contributed by atoms with E-state index in [1.54, 1.807) is 0 Å². The number of aryl methyl sites for hydroxylation is 1. The van der Waals surface area contributed by atoms with Gasteiger partial charge in [-0.15, -0.1) is 0 Å². The highest BCUT2D eigenvalue weighted by molar-refractivity contribution is 5.95. The summed E-state index contributed by atoms with van der Waals surface area (Å²) in [4.78, 5) is 12.2. The van der Waals surface area contributed by atoms with E-state index in [2.05, 4.69) is 29.7 Å². The van der Waals surface area contributed by atoms with E-state index in [0.29, 0.717) is 6.54 Å². The fourth-order valence-corrected chi connectivity index (χ4v) is 2.75. The van der Waals surface area contributed by atoms with Crippen molar-refractivity contribution in [3.05, 3.63) is 64.7 Å². The van der Waals surface area contributed by atoms with E-state index < -0.39 is 0 Å². The van der Waals surface area contributed by atoms with Crippen molar-refractivity contribution >= 4 is 11.6 Å². The van der Waals surface area contributed by atoms with Gasteiger partial charge in [0.2, 0.25) is 0 Å². The maximum absolute atomic E-state index is 12.2. The maximum atomic E-state index is 12.2. The smallest absolute Gasteiger partial charge is 0.251 e. The van der Waals surface area contributed by atoms with Crippen LogP contribution >= 0.6 is 0 Å². The van der Waals surface area contributed by atoms with E-state index in [0.717, 1.165) is 30.6 Å². The number of hydrogen-bond donors (Lipinski definition) is 2. The molecule has 0 bridgehead atoms. The molecular weight excluding hydrogens is 260 g/mol. The molecule has 0 spiro atoms. The van der Waals surface area contributed by atoms with Crippen molar-refractivity contribution in [1.82, 2.24) is 5.32 Å². The van der Waals surface area contributed by atoms with Crippen LogP contribution < -0.4 is 10.6 Å². The van der Waals surface area contributed by atoms with Crippen LogP contribution in [-0.4, -0.2) is 19.0 Å². The molecule has 1 aliphatic heterocycles. The fraction of sp³-hybridized carbons (Fsp3) is 0.278. The molecule has 21 heavy (non-hydrogen) atoms. The van der Waals surface area contributed by atoms with E-state index in [-0.39, 0.29) is 5.91 Å². The number of hydrogen-bond acceptors (Lipinski definition) is 2. The summed E-state index contributed by atoms with van der Waals surface area (Å²) in [6, 6.07) is 14.2. The topological polar surface area (TPSA) is 41.1 Å². The van der Waals surface area contributed by atoms with Gasteiger partial charge in [0.1, 0.15) is 0 Å². The third kappa shape index (κ3) is 3.07. The van der Waals surface area contributed by atoms with Crippen LogP contribution in [0.1, 0.15) is 27.0 Å². The van der Waals surface area contributed by atoms with Gasteiger partial charge in [-0.2, -0.15) is 0 Å². The molecule has 2 aromatic rings. The molecule has 1 aliphatic rings. The third-order valence-electron chi connectivity index (χ3n) is 4.02. The van der Waals surface area contributed by atoms with Crippen LogP contribution in [0.2, 0.25) is 0 Å². The summed E-state index contributed by atoms with van der Waals surface area (Å²) in [7, 11) is 0. The van der Waals surface area contributed by atoms with Crippen molar-refractivity contribution in [2.24, 2.45) is 0 Å². The van der Waals surface area contributed by atoms with Crippen LogP contribution in [0.3, 0.4) is 0 Å². The lowest BCUT2D eigenvalue weighted by Crippen LogP contribution is -2.25. The largest absolute Gasteiger partial charge is 0.384 e. The molecular formula is C18H20N2O. The van der Waals surface area contributed by atoms with Gasteiger partial charge < -0.3 is 10.6 Å². The van der Waals surface area contributed by atoms with Crippen LogP contribution in [0.15, 0.2) is 42.5 Å². The normalized spacial score (nSPS) is 12.6. The maximum Gasteiger partial charge on any atom is 0.251 e. The Balaban J connectivity index is 1.58. The zero-order chi connectivity index (χ0) is 14.7. The summed E-state index contributed by atoms with van der Waals surface area (Å²) in [6.45, 7) is 3.73. The minimum atomic E-state index is 0.0123. The van der Waals surface area contributed by atoms with Gasteiger partial charge in [-0.05, 0) is 54.7 Å². The molecule has 0 atom stereocenters. The third-order valence-corrected chi connectivity index (χ3v) is 4.02. The molecule has 2 N–H and O–H groups in total. The van der Waals surface area contributed by atoms with Crippen LogP contribution in [0.25, 0.3) is 0 Å². The van der Waals surface area contributed by atoms with Crippen molar-refractivity contribution < 1.29 is 4.79 Å². The predicted octanol–water partition coefficient (Wildman–Crippen LogP) is 2.94. The molecule has 1 amide bonds. The fourth-order valence-electron chi connectivity index (χ4n) is 2.75. The Labute approximate surface area is 125 Å². The van der Waals surface area contributed by atoms with Gasteiger partial charge in [0, 0.05) is 24.3 Å². The average Bonchev–Trinajstić information content (AvgIpc) is 2.96. The molecule has 3 nitrogen and oxygen atoms in total. The van der Waals surface area contributed by atoms with Gasteiger partial charge in [-0.1, -0.05) is 24.3 Å².